The topological polar surface area (TPSA) is 37.3 Å². The van der Waals surface area contributed by atoms with Crippen molar-refractivity contribution >= 4 is 17.4 Å². The van der Waals surface area contributed by atoms with E-state index < -0.39 is 5.41 Å². The maximum absolute atomic E-state index is 11.4. The average molecular weight is 211 g/mol. The highest BCUT2D eigenvalue weighted by atomic mass is 35.5. The van der Waals surface area contributed by atoms with Crippen molar-refractivity contribution in [1.82, 2.24) is 0 Å². The Morgan fingerprint density at radius 2 is 2.14 bits per heavy atom. The zero-order chi connectivity index (χ0) is 10.3. The first-order valence-electron chi connectivity index (χ1n) is 4.56. The summed E-state index contributed by atoms with van der Waals surface area (Å²) in [6.45, 7) is 1.57. The molecule has 0 heterocycles. The number of Topliss-reactive ketones (excluding diaryl/α,β-unsaturated/α-hetero) is 1. The van der Waals surface area contributed by atoms with E-state index in [1.165, 1.54) is 6.07 Å². The van der Waals surface area contributed by atoms with Gasteiger partial charge in [-0.2, -0.15) is 0 Å². The van der Waals surface area contributed by atoms with E-state index in [-0.39, 0.29) is 11.5 Å². The highest BCUT2D eigenvalue weighted by Crippen LogP contribution is 2.51. The van der Waals surface area contributed by atoms with E-state index in [2.05, 4.69) is 0 Å². The summed E-state index contributed by atoms with van der Waals surface area (Å²) in [5.74, 6) is 0.250. The Balaban J connectivity index is 2.47. The van der Waals surface area contributed by atoms with Crippen LogP contribution in [0.3, 0.4) is 0 Å². The van der Waals surface area contributed by atoms with Crippen LogP contribution < -0.4 is 0 Å². The van der Waals surface area contributed by atoms with Crippen LogP contribution in [0.15, 0.2) is 18.2 Å². The average Bonchev–Trinajstić information content (AvgIpc) is 2.84. The van der Waals surface area contributed by atoms with Crippen LogP contribution in [0.25, 0.3) is 0 Å². The van der Waals surface area contributed by atoms with E-state index in [4.69, 9.17) is 11.6 Å². The predicted octanol–water partition coefficient (Wildman–Crippen LogP) is 2.67. The Labute approximate surface area is 87.5 Å². The van der Waals surface area contributed by atoms with E-state index >= 15 is 0 Å². The number of phenols is 1. The Bertz CT molecular complexity index is 394. The Hall–Kier alpha value is -1.02. The van der Waals surface area contributed by atoms with E-state index in [9.17, 15) is 9.90 Å². The third kappa shape index (κ3) is 1.30. The monoisotopic (exact) mass is 210 g/mol. The number of ketones is 1. The van der Waals surface area contributed by atoms with E-state index in [0.717, 1.165) is 18.4 Å². The first-order valence-corrected chi connectivity index (χ1v) is 4.94. The van der Waals surface area contributed by atoms with Gasteiger partial charge in [0.25, 0.3) is 0 Å². The molecule has 0 saturated heterocycles. The number of hydrogen-bond acceptors (Lipinski definition) is 2. The quantitative estimate of drug-likeness (QED) is 0.815. The zero-order valence-electron chi connectivity index (χ0n) is 7.88. The summed E-state index contributed by atoms with van der Waals surface area (Å²) in [5.41, 5.74) is 0.295. The molecule has 1 N–H and O–H groups in total. The maximum Gasteiger partial charge on any atom is 0.140 e. The van der Waals surface area contributed by atoms with Crippen molar-refractivity contribution in [1.29, 1.82) is 0 Å². The van der Waals surface area contributed by atoms with E-state index in [1.54, 1.807) is 19.1 Å². The number of phenolic OH excluding ortho intramolecular Hbond substituents is 1. The van der Waals surface area contributed by atoms with Crippen LogP contribution in [-0.2, 0) is 10.2 Å². The standard InChI is InChI=1S/C11H11ClO2/c1-7(13)11(4-5-11)9-3-2-8(12)6-10(9)14/h2-3,6,14H,4-5H2,1H3. The minimum absolute atomic E-state index is 0.120. The third-order valence-corrected chi connectivity index (χ3v) is 3.13. The summed E-state index contributed by atoms with van der Waals surface area (Å²) >= 11 is 5.72. The fourth-order valence-corrected chi connectivity index (χ4v) is 2.01. The second-order valence-corrected chi connectivity index (χ2v) is 4.24. The minimum Gasteiger partial charge on any atom is -0.508 e. The Morgan fingerprint density at radius 3 is 2.57 bits per heavy atom. The summed E-state index contributed by atoms with van der Waals surface area (Å²) in [5, 5.41) is 10.2. The third-order valence-electron chi connectivity index (χ3n) is 2.90. The summed E-state index contributed by atoms with van der Waals surface area (Å²) in [7, 11) is 0. The van der Waals surface area contributed by atoms with Gasteiger partial charge in [0, 0.05) is 10.6 Å². The van der Waals surface area contributed by atoms with Gasteiger partial charge in [-0.3, -0.25) is 4.79 Å². The highest BCUT2D eigenvalue weighted by Gasteiger charge is 2.50. The molecule has 1 fully saturated rings. The van der Waals surface area contributed by atoms with Gasteiger partial charge in [0.1, 0.15) is 11.5 Å². The molecule has 2 rings (SSSR count). The largest absolute Gasteiger partial charge is 0.508 e. The van der Waals surface area contributed by atoms with Crippen LogP contribution in [0.1, 0.15) is 25.3 Å². The number of carbonyl (C=O) groups is 1. The molecule has 0 bridgehead atoms. The SMILES string of the molecule is CC(=O)C1(c2ccc(Cl)cc2O)CC1. The molecule has 74 valence electrons. The van der Waals surface area contributed by atoms with Gasteiger partial charge in [0.15, 0.2) is 0 Å². The van der Waals surface area contributed by atoms with Crippen molar-refractivity contribution < 1.29 is 9.90 Å². The maximum atomic E-state index is 11.4. The van der Waals surface area contributed by atoms with Crippen LogP contribution in [0.5, 0.6) is 5.75 Å². The number of rotatable bonds is 2. The number of aromatic hydroxyl groups is 1. The van der Waals surface area contributed by atoms with Crippen molar-refractivity contribution in [3.63, 3.8) is 0 Å². The molecule has 0 aromatic heterocycles. The lowest BCUT2D eigenvalue weighted by Gasteiger charge is -2.13. The molecular weight excluding hydrogens is 200 g/mol. The van der Waals surface area contributed by atoms with E-state index in [1.807, 2.05) is 0 Å². The molecule has 1 aromatic carbocycles. The molecule has 3 heteroatoms. The van der Waals surface area contributed by atoms with Crippen molar-refractivity contribution in [2.45, 2.75) is 25.2 Å². The smallest absolute Gasteiger partial charge is 0.140 e. The normalized spacial score (nSPS) is 17.9. The van der Waals surface area contributed by atoms with Gasteiger partial charge >= 0.3 is 0 Å². The van der Waals surface area contributed by atoms with Crippen molar-refractivity contribution in [2.24, 2.45) is 0 Å². The van der Waals surface area contributed by atoms with Crippen LogP contribution in [0.2, 0.25) is 5.02 Å². The number of carbonyl (C=O) groups excluding carboxylic acids is 1. The van der Waals surface area contributed by atoms with Gasteiger partial charge in [-0.15, -0.1) is 0 Å². The second-order valence-electron chi connectivity index (χ2n) is 3.80. The molecule has 14 heavy (non-hydrogen) atoms. The summed E-state index contributed by atoms with van der Waals surface area (Å²) < 4.78 is 0. The van der Waals surface area contributed by atoms with Gasteiger partial charge < -0.3 is 5.11 Å². The summed E-state index contributed by atoms with van der Waals surface area (Å²) in [6, 6.07) is 4.94. The van der Waals surface area contributed by atoms with Crippen LogP contribution >= 0.6 is 11.6 Å². The lowest BCUT2D eigenvalue weighted by molar-refractivity contribution is -0.119. The van der Waals surface area contributed by atoms with E-state index in [0.29, 0.717) is 5.02 Å². The molecule has 0 amide bonds. The highest BCUT2D eigenvalue weighted by molar-refractivity contribution is 6.30. The molecule has 1 aliphatic carbocycles. The minimum atomic E-state index is -0.422. The lowest BCUT2D eigenvalue weighted by Crippen LogP contribution is -2.16. The Kier molecular flexibility index (Phi) is 2.04. The molecule has 0 radical (unpaired) electrons. The number of benzene rings is 1. The molecule has 0 spiro atoms. The van der Waals surface area contributed by atoms with Crippen molar-refractivity contribution in [3.8, 4) is 5.75 Å². The molecule has 0 aliphatic heterocycles. The molecule has 1 saturated carbocycles. The zero-order valence-corrected chi connectivity index (χ0v) is 8.64. The number of hydrogen-bond donors (Lipinski definition) is 1. The Morgan fingerprint density at radius 1 is 1.50 bits per heavy atom. The fraction of sp³-hybridized carbons (Fsp3) is 0.364. The molecular formula is C11H11ClO2. The first kappa shape index (κ1) is 9.53. The fourth-order valence-electron chi connectivity index (χ4n) is 1.85. The van der Waals surface area contributed by atoms with Gasteiger partial charge in [0.2, 0.25) is 0 Å². The molecule has 2 nitrogen and oxygen atoms in total. The van der Waals surface area contributed by atoms with Crippen molar-refractivity contribution in [3.05, 3.63) is 28.8 Å². The van der Waals surface area contributed by atoms with Crippen LogP contribution in [0.4, 0.5) is 0 Å². The summed E-state index contributed by atoms with van der Waals surface area (Å²) in [6.07, 6.45) is 1.66. The number of halogens is 1. The molecule has 1 aromatic rings. The molecule has 0 unspecified atom stereocenters. The van der Waals surface area contributed by atoms with Gasteiger partial charge in [-0.1, -0.05) is 17.7 Å². The van der Waals surface area contributed by atoms with Crippen molar-refractivity contribution in [2.75, 3.05) is 0 Å². The van der Waals surface area contributed by atoms with Crippen LogP contribution in [-0.4, -0.2) is 10.9 Å². The lowest BCUT2D eigenvalue weighted by atomic mass is 9.91. The summed E-state index contributed by atoms with van der Waals surface area (Å²) in [4.78, 5) is 11.4. The van der Waals surface area contributed by atoms with Gasteiger partial charge in [-0.05, 0) is 31.9 Å². The second kappa shape index (κ2) is 2.99. The first-order chi connectivity index (χ1) is 6.56. The molecule has 0 atom stereocenters. The van der Waals surface area contributed by atoms with Gasteiger partial charge in [0.05, 0.1) is 5.41 Å². The predicted molar refractivity (Wildman–Crippen MR) is 54.7 cm³/mol. The van der Waals surface area contributed by atoms with Gasteiger partial charge in [-0.25, -0.2) is 0 Å². The molecule has 1 aliphatic rings. The van der Waals surface area contributed by atoms with Crippen LogP contribution in [0, 0.1) is 0 Å².